The van der Waals surface area contributed by atoms with Gasteiger partial charge in [-0.3, -0.25) is 9.11 Å². The SMILES string of the molecule is O=S(O)O.[NaH].[PbH2]. The van der Waals surface area contributed by atoms with E-state index in [9.17, 15) is 0 Å². The molecular formula is H5NaO3PbS. The summed E-state index contributed by atoms with van der Waals surface area (Å²) in [5.74, 6) is 0. The topological polar surface area (TPSA) is 57.5 Å². The van der Waals surface area contributed by atoms with Gasteiger partial charge in [0.05, 0.1) is 0 Å². The summed E-state index contributed by atoms with van der Waals surface area (Å²) in [4.78, 5) is 0. The number of hydrogen-bond donors (Lipinski definition) is 2. The second-order valence-electron chi connectivity index (χ2n) is 0.231. The van der Waals surface area contributed by atoms with Gasteiger partial charge in [-0.1, -0.05) is 0 Å². The molecule has 0 aliphatic rings. The zero-order valence-electron chi connectivity index (χ0n) is 2.42. The molecule has 34 valence electrons. The van der Waals surface area contributed by atoms with Crippen LogP contribution in [0.5, 0.6) is 0 Å². The van der Waals surface area contributed by atoms with Gasteiger partial charge in [-0.2, -0.15) is 4.21 Å². The summed E-state index contributed by atoms with van der Waals surface area (Å²) in [6, 6.07) is 0. The molecule has 0 aliphatic heterocycles. The van der Waals surface area contributed by atoms with E-state index in [-0.39, 0.29) is 56.9 Å². The first-order valence-corrected chi connectivity index (χ1v) is 1.60. The Balaban J connectivity index is -0.0000000450. The van der Waals surface area contributed by atoms with E-state index in [0.29, 0.717) is 0 Å². The molecule has 0 heterocycles. The van der Waals surface area contributed by atoms with E-state index < -0.39 is 11.4 Å². The molecule has 0 unspecified atom stereocenters. The van der Waals surface area contributed by atoms with Crippen LogP contribution in [0.3, 0.4) is 0 Å². The summed E-state index contributed by atoms with van der Waals surface area (Å²) in [5.41, 5.74) is 0. The third kappa shape index (κ3) is 37.6. The Hall–Kier alpha value is 1.99. The second kappa shape index (κ2) is 10.1. The van der Waals surface area contributed by atoms with Crippen LogP contribution in [0.1, 0.15) is 0 Å². The van der Waals surface area contributed by atoms with Crippen molar-refractivity contribution in [2.24, 2.45) is 0 Å². The number of hydrogen-bond acceptors (Lipinski definition) is 1. The van der Waals surface area contributed by atoms with Crippen molar-refractivity contribution in [2.45, 2.75) is 0 Å². The summed E-state index contributed by atoms with van der Waals surface area (Å²) < 4.78 is 22.8. The molecule has 6 heteroatoms. The van der Waals surface area contributed by atoms with Gasteiger partial charge in [0.25, 0.3) is 11.4 Å². The van der Waals surface area contributed by atoms with Crippen molar-refractivity contribution in [3.05, 3.63) is 0 Å². The third-order valence-electron chi connectivity index (χ3n) is 0. The van der Waals surface area contributed by atoms with Crippen molar-refractivity contribution >= 4 is 68.2 Å². The van der Waals surface area contributed by atoms with E-state index in [2.05, 4.69) is 0 Å². The van der Waals surface area contributed by atoms with Gasteiger partial charge in [0.2, 0.25) is 0 Å². The Morgan fingerprint density at radius 3 is 1.33 bits per heavy atom. The van der Waals surface area contributed by atoms with Crippen LogP contribution in [-0.2, 0) is 11.4 Å². The Morgan fingerprint density at radius 1 is 1.33 bits per heavy atom. The fraction of sp³-hybridized carbons (Fsp3) is 0. The number of rotatable bonds is 0. The Labute approximate surface area is 80.5 Å². The fourth-order valence-electron chi connectivity index (χ4n) is 0. The molecule has 0 aromatic heterocycles. The van der Waals surface area contributed by atoms with Crippen LogP contribution in [0.25, 0.3) is 0 Å². The van der Waals surface area contributed by atoms with Crippen molar-refractivity contribution in [1.29, 1.82) is 0 Å². The predicted molar refractivity (Wildman–Crippen MR) is 29.1 cm³/mol. The molecular weight excluding hydrogens is 310 g/mol. The minimum absolute atomic E-state index is 0. The quantitative estimate of drug-likeness (QED) is 0.406. The van der Waals surface area contributed by atoms with Crippen LogP contribution in [0.4, 0.5) is 0 Å². The van der Waals surface area contributed by atoms with E-state index >= 15 is 0 Å². The monoisotopic (exact) mass is 316 g/mol. The normalized spacial score (nSPS) is 5.83. The molecule has 3 nitrogen and oxygen atoms in total. The van der Waals surface area contributed by atoms with E-state index in [1.807, 2.05) is 0 Å². The average molecular weight is 315 g/mol. The maximum atomic E-state index is 8.67. The molecule has 0 aromatic rings. The van der Waals surface area contributed by atoms with Crippen molar-refractivity contribution in [2.75, 3.05) is 0 Å². The van der Waals surface area contributed by atoms with Gasteiger partial charge in [-0.05, 0) is 0 Å². The van der Waals surface area contributed by atoms with E-state index in [1.165, 1.54) is 0 Å². The zero-order chi connectivity index (χ0) is 3.58. The van der Waals surface area contributed by atoms with Crippen LogP contribution in [0.2, 0.25) is 0 Å². The molecule has 0 saturated carbocycles. The summed E-state index contributed by atoms with van der Waals surface area (Å²) in [5, 5.41) is 0. The van der Waals surface area contributed by atoms with Gasteiger partial charge in [-0.15, -0.1) is 0 Å². The van der Waals surface area contributed by atoms with E-state index in [4.69, 9.17) is 13.3 Å². The van der Waals surface area contributed by atoms with E-state index in [0.717, 1.165) is 0 Å². The molecule has 0 spiro atoms. The third-order valence-corrected chi connectivity index (χ3v) is 0. The Morgan fingerprint density at radius 2 is 1.33 bits per heavy atom. The van der Waals surface area contributed by atoms with Gasteiger partial charge < -0.3 is 0 Å². The van der Waals surface area contributed by atoms with Gasteiger partial charge in [0, 0.05) is 0 Å². The second-order valence-corrected chi connectivity index (χ2v) is 0.692. The molecule has 0 rings (SSSR count). The molecule has 0 bridgehead atoms. The first kappa shape index (κ1) is 15.7. The summed E-state index contributed by atoms with van der Waals surface area (Å²) in [6.07, 6.45) is 0. The molecule has 6 heavy (non-hydrogen) atoms. The van der Waals surface area contributed by atoms with Crippen LogP contribution >= 0.6 is 0 Å². The minimum atomic E-state index is -2.61. The molecule has 2 radical (unpaired) electrons. The molecule has 0 saturated heterocycles. The molecule has 0 atom stereocenters. The summed E-state index contributed by atoms with van der Waals surface area (Å²) in [7, 11) is 0. The first-order chi connectivity index (χ1) is 1.73. The van der Waals surface area contributed by atoms with Crippen LogP contribution in [0.15, 0.2) is 0 Å². The predicted octanol–water partition coefficient (Wildman–Crippen LogP) is -1.88. The van der Waals surface area contributed by atoms with Gasteiger partial charge in [0.15, 0.2) is 0 Å². The maximum absolute atomic E-state index is 8.67. The van der Waals surface area contributed by atoms with Crippen molar-refractivity contribution in [1.82, 2.24) is 0 Å². The molecule has 2 N–H and O–H groups in total. The fourth-order valence-corrected chi connectivity index (χ4v) is 0. The Kier molecular flexibility index (Phi) is 26.3. The average Bonchev–Trinajstić information content (AvgIpc) is 0.811. The zero-order valence-corrected chi connectivity index (χ0v) is 8.73. The van der Waals surface area contributed by atoms with E-state index in [1.54, 1.807) is 0 Å². The van der Waals surface area contributed by atoms with Crippen LogP contribution < -0.4 is 0 Å². The molecule has 0 amide bonds. The van der Waals surface area contributed by atoms with Crippen molar-refractivity contribution < 1.29 is 13.3 Å². The van der Waals surface area contributed by atoms with Crippen molar-refractivity contribution in [3.8, 4) is 0 Å². The molecule has 0 fully saturated rings. The molecule has 0 aromatic carbocycles. The Bertz CT molecular complexity index is 33.8. The van der Waals surface area contributed by atoms with Crippen LogP contribution in [-0.4, -0.2) is 70.2 Å². The van der Waals surface area contributed by atoms with Crippen molar-refractivity contribution in [3.63, 3.8) is 0 Å². The van der Waals surface area contributed by atoms with Gasteiger partial charge >= 0.3 is 56.9 Å². The first-order valence-electron chi connectivity index (χ1n) is 0.532. The van der Waals surface area contributed by atoms with Crippen LogP contribution in [0, 0.1) is 0 Å². The standard InChI is InChI=1S/Na.H2O3S.Pb.3H/c;1-4(2)3;;;;/h;(H2,1,2,3);;;;. The van der Waals surface area contributed by atoms with Gasteiger partial charge in [0.1, 0.15) is 0 Å². The molecule has 0 aliphatic carbocycles. The summed E-state index contributed by atoms with van der Waals surface area (Å²) in [6.45, 7) is 0. The van der Waals surface area contributed by atoms with Gasteiger partial charge in [-0.25, -0.2) is 0 Å². The summed E-state index contributed by atoms with van der Waals surface area (Å²) >= 11 is -2.61.